The molecule has 0 unspecified atom stereocenters. The molecule has 7 rings (SSSR count). The van der Waals surface area contributed by atoms with Gasteiger partial charge in [0.05, 0.1) is 5.82 Å². The van der Waals surface area contributed by atoms with Crippen molar-refractivity contribution in [1.82, 2.24) is 9.55 Å². The Balaban J connectivity index is 0.000000193. The average Bonchev–Trinajstić information content (AvgIpc) is 3.63. The average molecular weight is 752 g/mol. The maximum Gasteiger partial charge on any atom is 3.00 e. The maximum atomic E-state index is 4.58. The molecule has 0 radical (unpaired) electrons. The molecule has 4 nitrogen and oxygen atoms in total. The molecule has 0 N–H and O–H groups in total. The molecule has 6 aromatic rings. The second kappa shape index (κ2) is 13.5. The summed E-state index contributed by atoms with van der Waals surface area (Å²) in [6.45, 7) is 10.7. The molecule has 1 aliphatic rings. The van der Waals surface area contributed by atoms with Crippen LogP contribution in [0.3, 0.4) is 0 Å². The number of anilines is 3. The fourth-order valence-corrected chi connectivity index (χ4v) is 5.85. The Bertz CT molecular complexity index is 1820. The SMILES string of the molecule is CN1[CH-]N(c2[c-]cccc2)c2ccccc21.Cc1cc(C)cc(-c2cc(C)c(-n3ccnc3-c3[c-]cccc3)c(C)c2)c1.[Ir+3]. The predicted octanol–water partition coefficient (Wildman–Crippen LogP) is 9.43. The molecule has 0 aliphatic carbocycles. The summed E-state index contributed by atoms with van der Waals surface area (Å²) in [5, 5.41) is 0. The van der Waals surface area contributed by atoms with Gasteiger partial charge in [-0.05, 0) is 81.3 Å². The van der Waals surface area contributed by atoms with Crippen LogP contribution in [0.15, 0.2) is 116 Å². The molecule has 0 amide bonds. The van der Waals surface area contributed by atoms with Crippen LogP contribution < -0.4 is 9.80 Å². The van der Waals surface area contributed by atoms with Crippen LogP contribution in [-0.2, 0) is 20.1 Å². The molecule has 0 saturated carbocycles. The van der Waals surface area contributed by atoms with Crippen LogP contribution in [-0.4, -0.2) is 16.6 Å². The minimum atomic E-state index is 0. The monoisotopic (exact) mass is 752 g/mol. The fourth-order valence-electron chi connectivity index (χ4n) is 5.85. The number of imidazole rings is 1. The van der Waals surface area contributed by atoms with Crippen LogP contribution in [0.1, 0.15) is 22.3 Å². The third kappa shape index (κ3) is 6.40. The molecule has 1 aromatic heterocycles. The Kier molecular flexibility index (Phi) is 9.49. The molecule has 2 heterocycles. The number of benzene rings is 5. The summed E-state index contributed by atoms with van der Waals surface area (Å²) >= 11 is 0. The van der Waals surface area contributed by atoms with Gasteiger partial charge in [0.2, 0.25) is 0 Å². The second-order valence-electron chi connectivity index (χ2n) is 11.1. The van der Waals surface area contributed by atoms with Gasteiger partial charge in [0.15, 0.2) is 0 Å². The van der Waals surface area contributed by atoms with E-state index in [0.717, 1.165) is 17.1 Å². The molecule has 44 heavy (non-hydrogen) atoms. The van der Waals surface area contributed by atoms with E-state index in [4.69, 9.17) is 0 Å². The third-order valence-electron chi connectivity index (χ3n) is 7.64. The summed E-state index contributed by atoms with van der Waals surface area (Å²) in [5.74, 6) is 0.918. The van der Waals surface area contributed by atoms with Gasteiger partial charge in [-0.1, -0.05) is 41.5 Å². The van der Waals surface area contributed by atoms with Crippen LogP contribution in [0, 0.1) is 46.5 Å². The van der Waals surface area contributed by atoms with Crippen molar-refractivity contribution < 1.29 is 20.1 Å². The number of nitrogens with zero attached hydrogens (tertiary/aromatic N) is 4. The minimum Gasteiger partial charge on any atom is -0.504 e. The normalized spacial score (nSPS) is 11.8. The van der Waals surface area contributed by atoms with Crippen LogP contribution in [0.25, 0.3) is 28.2 Å². The van der Waals surface area contributed by atoms with Crippen molar-refractivity contribution in [2.75, 3.05) is 16.8 Å². The maximum absolute atomic E-state index is 4.58. The number of fused-ring (bicyclic) bond motifs is 1. The molecule has 5 aromatic carbocycles. The van der Waals surface area contributed by atoms with Crippen LogP contribution >= 0.6 is 0 Å². The summed E-state index contributed by atoms with van der Waals surface area (Å²) in [6.07, 6.45) is 3.88. The number of rotatable bonds is 4. The van der Waals surface area contributed by atoms with Gasteiger partial charge in [0, 0.05) is 29.5 Å². The quantitative estimate of drug-likeness (QED) is 0.168. The largest absolute Gasteiger partial charge is 3.00 e. The zero-order valence-corrected chi connectivity index (χ0v) is 28.1. The Labute approximate surface area is 275 Å². The summed E-state index contributed by atoms with van der Waals surface area (Å²) in [4.78, 5) is 8.85. The van der Waals surface area contributed by atoms with Crippen LogP contribution in [0.4, 0.5) is 17.1 Å². The topological polar surface area (TPSA) is 24.3 Å². The smallest absolute Gasteiger partial charge is 0.504 e. The van der Waals surface area contributed by atoms with E-state index in [1.165, 1.54) is 50.4 Å². The van der Waals surface area contributed by atoms with Gasteiger partial charge in [-0.2, -0.15) is 37.0 Å². The van der Waals surface area contributed by atoms with Gasteiger partial charge in [0.25, 0.3) is 0 Å². The minimum absolute atomic E-state index is 0. The molecule has 0 saturated heterocycles. The number of hydrogen-bond donors (Lipinski definition) is 0. The van der Waals surface area contributed by atoms with E-state index in [-0.39, 0.29) is 20.1 Å². The van der Waals surface area contributed by atoms with Gasteiger partial charge in [0.1, 0.15) is 0 Å². The molecule has 0 bridgehead atoms. The predicted molar refractivity (Wildman–Crippen MR) is 179 cm³/mol. The summed E-state index contributed by atoms with van der Waals surface area (Å²) in [5.41, 5.74) is 13.3. The first kappa shape index (κ1) is 31.0. The van der Waals surface area contributed by atoms with Crippen molar-refractivity contribution in [2.24, 2.45) is 0 Å². The number of aryl methyl sites for hydroxylation is 4. The van der Waals surface area contributed by atoms with E-state index in [1.54, 1.807) is 0 Å². The van der Waals surface area contributed by atoms with Crippen molar-refractivity contribution in [2.45, 2.75) is 27.7 Å². The number of hydrogen-bond acceptors (Lipinski definition) is 3. The van der Waals surface area contributed by atoms with E-state index in [2.05, 4.69) is 134 Å². The third-order valence-corrected chi connectivity index (χ3v) is 7.64. The van der Waals surface area contributed by atoms with Crippen molar-refractivity contribution in [3.63, 3.8) is 0 Å². The first-order chi connectivity index (χ1) is 20.9. The molecular formula is C39H35IrN4. The number of para-hydroxylation sites is 3. The van der Waals surface area contributed by atoms with E-state index in [9.17, 15) is 0 Å². The molecule has 1 aliphatic heterocycles. The van der Waals surface area contributed by atoms with Crippen molar-refractivity contribution in [3.05, 3.63) is 157 Å². The molecule has 0 fully saturated rings. The van der Waals surface area contributed by atoms with Crippen molar-refractivity contribution in [3.8, 4) is 28.2 Å². The van der Waals surface area contributed by atoms with Gasteiger partial charge in [-0.25, -0.2) is 0 Å². The molecule has 0 spiro atoms. The van der Waals surface area contributed by atoms with Crippen LogP contribution in [0.5, 0.6) is 0 Å². The Morgan fingerprint density at radius 2 is 1.30 bits per heavy atom. The molecule has 220 valence electrons. The Hall–Kier alpha value is -4.44. The summed E-state index contributed by atoms with van der Waals surface area (Å²) in [7, 11) is 2.06. The standard InChI is InChI=1S/C25H23N2.C14H12N2.Ir/c1-17-12-18(2)14-22(13-17)23-15-19(3)24(20(4)16-23)27-11-10-26-25(27)21-8-6-5-7-9-21;1-15-11-16(12-7-3-2-4-8-12)14-10-6-5-9-13(14)15;/h5-8,10-16H,1-4H3;2-7,9-11H,1H3;/q-1;-2;+3. The summed E-state index contributed by atoms with van der Waals surface area (Å²) in [6, 6.07) is 42.1. The van der Waals surface area contributed by atoms with Gasteiger partial charge in [-0.3, -0.25) is 4.98 Å². The summed E-state index contributed by atoms with van der Waals surface area (Å²) < 4.78 is 2.17. The first-order valence-corrected chi connectivity index (χ1v) is 14.5. The zero-order valence-electron chi connectivity index (χ0n) is 25.7. The molecular weight excluding hydrogens is 717 g/mol. The van der Waals surface area contributed by atoms with Gasteiger partial charge >= 0.3 is 20.1 Å². The Morgan fingerprint density at radius 3 is 1.93 bits per heavy atom. The van der Waals surface area contributed by atoms with Crippen LogP contribution in [0.2, 0.25) is 0 Å². The molecule has 5 heteroatoms. The van der Waals surface area contributed by atoms with Gasteiger partial charge < -0.3 is 14.4 Å². The second-order valence-corrected chi connectivity index (χ2v) is 11.1. The van der Waals surface area contributed by atoms with Gasteiger partial charge in [-0.15, -0.1) is 41.6 Å². The van der Waals surface area contributed by atoms with E-state index >= 15 is 0 Å². The van der Waals surface area contributed by atoms with E-state index in [0.29, 0.717) is 0 Å². The van der Waals surface area contributed by atoms with Crippen molar-refractivity contribution in [1.29, 1.82) is 0 Å². The van der Waals surface area contributed by atoms with E-state index < -0.39 is 0 Å². The van der Waals surface area contributed by atoms with E-state index in [1.807, 2.05) is 54.9 Å². The van der Waals surface area contributed by atoms with Crippen molar-refractivity contribution >= 4 is 17.1 Å². The molecule has 0 atom stereocenters. The fraction of sp³-hybridized carbons (Fsp3) is 0.128. The number of aromatic nitrogens is 2. The Morgan fingerprint density at radius 1 is 0.682 bits per heavy atom. The zero-order chi connectivity index (χ0) is 29.9. The first-order valence-electron chi connectivity index (χ1n) is 14.5.